The molecule has 0 unspecified atom stereocenters. The van der Waals surface area contributed by atoms with Gasteiger partial charge in [0.2, 0.25) is 0 Å². The molecular weight excluding hydrogens is 584 g/mol. The van der Waals surface area contributed by atoms with E-state index in [1.165, 1.54) is 13.8 Å². The molecular formula is C34H44O11. The quantitative estimate of drug-likeness (QED) is 0.232. The number of aliphatic hydroxyl groups is 3. The lowest BCUT2D eigenvalue weighted by molar-refractivity contribution is -0.367. The third kappa shape index (κ3) is 4.95. The molecule has 1 aromatic rings. The van der Waals surface area contributed by atoms with Crippen LogP contribution in [0.1, 0.15) is 64.7 Å². The molecule has 11 nitrogen and oxygen atoms in total. The van der Waals surface area contributed by atoms with Gasteiger partial charge in [-0.2, -0.15) is 0 Å². The molecule has 45 heavy (non-hydrogen) atoms. The van der Waals surface area contributed by atoms with Gasteiger partial charge in [0.1, 0.15) is 23.9 Å². The first-order valence-electron chi connectivity index (χ1n) is 15.3. The standard InChI is InChI=1S/C34H44O11/c1-8-14-41-23-15-24-33(17-42-24,45-20(4)36)27-29(44-30(39)21-12-10-9-11-13-21)34(40)16-22(37)18(2)25(31(34,5)6)26(43-19(3)35)28(38)32(23,27)7/h8-13,22-24,26-29,37-38,40H,1,14-17H2,2-7H3/t22-,23-,24+,26+,27-,28-,29-,32+,33-,34+/m0/s1. The largest absolute Gasteiger partial charge is 0.455 e. The van der Waals surface area contributed by atoms with Gasteiger partial charge >= 0.3 is 17.9 Å². The summed E-state index contributed by atoms with van der Waals surface area (Å²) in [5.41, 5.74) is -5.44. The van der Waals surface area contributed by atoms with Crippen molar-refractivity contribution in [2.75, 3.05) is 13.2 Å². The SMILES string of the molecule is C=CCO[C@H]1C[C@H]2OC[C@@]2(OC(C)=O)[C@H]2[C@H](OC(=O)c3ccccc3)[C@]3(O)C[C@H](O)C(C)=C([C@@H](OC(C)=O)[C@H](O)[C@]12C)C3(C)C. The first-order valence-corrected chi connectivity index (χ1v) is 15.3. The second-order valence-corrected chi connectivity index (χ2v) is 13.6. The fourth-order valence-electron chi connectivity index (χ4n) is 8.56. The fraction of sp³-hybridized carbons (Fsp3) is 0.618. The molecule has 0 spiro atoms. The highest BCUT2D eigenvalue weighted by Gasteiger charge is 2.78. The maximum atomic E-state index is 13.9. The molecule has 2 bridgehead atoms. The number of ether oxygens (including phenoxy) is 5. The van der Waals surface area contributed by atoms with Crippen molar-refractivity contribution in [2.45, 2.75) is 102 Å². The van der Waals surface area contributed by atoms with Crippen molar-refractivity contribution in [3.05, 3.63) is 59.7 Å². The van der Waals surface area contributed by atoms with Crippen molar-refractivity contribution >= 4 is 17.9 Å². The second-order valence-electron chi connectivity index (χ2n) is 13.6. The normalized spacial score (nSPS) is 40.0. The number of esters is 3. The van der Waals surface area contributed by atoms with Crippen LogP contribution in [-0.4, -0.2) is 94.3 Å². The molecule has 10 atom stereocenters. The summed E-state index contributed by atoms with van der Waals surface area (Å²) >= 11 is 0. The van der Waals surface area contributed by atoms with Crippen LogP contribution in [0.15, 0.2) is 54.1 Å². The Balaban J connectivity index is 1.85. The van der Waals surface area contributed by atoms with Crippen LogP contribution in [0.2, 0.25) is 0 Å². The molecule has 1 heterocycles. The van der Waals surface area contributed by atoms with Crippen LogP contribution in [0.4, 0.5) is 0 Å². The lowest BCUT2D eigenvalue weighted by atomic mass is 9.44. The molecule has 1 aliphatic heterocycles. The van der Waals surface area contributed by atoms with Crippen molar-refractivity contribution in [3.63, 3.8) is 0 Å². The van der Waals surface area contributed by atoms with Gasteiger partial charge in [0, 0.05) is 37.5 Å². The Morgan fingerprint density at radius 1 is 1.07 bits per heavy atom. The summed E-state index contributed by atoms with van der Waals surface area (Å²) in [6.07, 6.45) is -5.77. The number of carbonyl (C=O) groups excluding carboxylic acids is 3. The molecule has 3 N–H and O–H groups in total. The minimum atomic E-state index is -2.04. The zero-order chi connectivity index (χ0) is 33.1. The number of hydrogen-bond donors (Lipinski definition) is 3. The number of hydrogen-bond acceptors (Lipinski definition) is 11. The van der Waals surface area contributed by atoms with Gasteiger partial charge in [0.15, 0.2) is 11.7 Å². The Morgan fingerprint density at radius 3 is 2.29 bits per heavy atom. The van der Waals surface area contributed by atoms with Gasteiger partial charge in [-0.25, -0.2) is 4.79 Å². The predicted octanol–water partition coefficient (Wildman–Crippen LogP) is 2.65. The molecule has 0 amide bonds. The lowest BCUT2D eigenvalue weighted by Crippen LogP contribution is -2.82. The zero-order valence-electron chi connectivity index (χ0n) is 26.6. The van der Waals surface area contributed by atoms with E-state index in [4.69, 9.17) is 23.7 Å². The smallest absolute Gasteiger partial charge is 0.338 e. The molecule has 1 aromatic carbocycles. The Hall–Kier alpha value is -3.09. The molecule has 2 saturated carbocycles. The van der Waals surface area contributed by atoms with Crippen LogP contribution in [0.3, 0.4) is 0 Å². The minimum absolute atomic E-state index is 0.0792. The van der Waals surface area contributed by atoms with Crippen LogP contribution in [0, 0.1) is 16.7 Å². The molecule has 5 rings (SSSR count). The number of fused-ring (bicyclic) bond motifs is 5. The highest BCUT2D eigenvalue weighted by Crippen LogP contribution is 2.65. The summed E-state index contributed by atoms with van der Waals surface area (Å²) in [5.74, 6) is -3.26. The average Bonchev–Trinajstić information content (AvgIpc) is 2.96. The van der Waals surface area contributed by atoms with E-state index in [-0.39, 0.29) is 31.6 Å². The zero-order valence-corrected chi connectivity index (χ0v) is 26.6. The maximum absolute atomic E-state index is 13.9. The van der Waals surface area contributed by atoms with E-state index in [9.17, 15) is 29.7 Å². The molecule has 4 aliphatic rings. The van der Waals surface area contributed by atoms with Gasteiger partial charge < -0.3 is 39.0 Å². The van der Waals surface area contributed by atoms with Crippen molar-refractivity contribution in [2.24, 2.45) is 16.7 Å². The minimum Gasteiger partial charge on any atom is -0.455 e. The van der Waals surface area contributed by atoms with E-state index in [0.717, 1.165) is 0 Å². The molecule has 11 heteroatoms. The summed E-state index contributed by atoms with van der Waals surface area (Å²) in [6.45, 7) is 13.0. The number of carbonyl (C=O) groups is 3. The van der Waals surface area contributed by atoms with E-state index >= 15 is 0 Å². The number of rotatable bonds is 7. The molecule has 3 fully saturated rings. The van der Waals surface area contributed by atoms with Crippen LogP contribution >= 0.6 is 0 Å². The van der Waals surface area contributed by atoms with Crippen LogP contribution in [0.25, 0.3) is 0 Å². The first-order chi connectivity index (χ1) is 21.1. The monoisotopic (exact) mass is 628 g/mol. The molecule has 3 aliphatic carbocycles. The highest BCUT2D eigenvalue weighted by molar-refractivity contribution is 5.89. The average molecular weight is 629 g/mol. The summed E-state index contributed by atoms with van der Waals surface area (Å²) in [4.78, 5) is 39.3. The highest BCUT2D eigenvalue weighted by atomic mass is 16.6. The second kappa shape index (κ2) is 11.6. The first kappa shape index (κ1) is 33.3. The number of benzene rings is 1. The van der Waals surface area contributed by atoms with E-state index in [1.54, 1.807) is 64.1 Å². The molecule has 0 radical (unpaired) electrons. The Morgan fingerprint density at radius 2 is 1.73 bits per heavy atom. The van der Waals surface area contributed by atoms with Crippen molar-refractivity contribution in [1.29, 1.82) is 0 Å². The Labute approximate surface area is 263 Å². The van der Waals surface area contributed by atoms with Crippen molar-refractivity contribution in [3.8, 4) is 0 Å². The fourth-order valence-corrected chi connectivity index (χ4v) is 8.56. The maximum Gasteiger partial charge on any atom is 0.338 e. The van der Waals surface area contributed by atoms with Gasteiger partial charge in [-0.1, -0.05) is 45.0 Å². The van der Waals surface area contributed by atoms with E-state index < -0.39 is 82.5 Å². The number of aliphatic hydroxyl groups excluding tert-OH is 2. The van der Waals surface area contributed by atoms with Gasteiger partial charge in [-0.05, 0) is 30.2 Å². The van der Waals surface area contributed by atoms with E-state index in [2.05, 4.69) is 6.58 Å². The summed E-state index contributed by atoms with van der Waals surface area (Å²) in [6, 6.07) is 8.25. The summed E-state index contributed by atoms with van der Waals surface area (Å²) in [5, 5.41) is 37.1. The van der Waals surface area contributed by atoms with Crippen LogP contribution < -0.4 is 0 Å². The Bertz CT molecular complexity index is 1390. The summed E-state index contributed by atoms with van der Waals surface area (Å²) < 4.78 is 30.6. The van der Waals surface area contributed by atoms with Gasteiger partial charge in [0.05, 0.1) is 36.9 Å². The summed E-state index contributed by atoms with van der Waals surface area (Å²) in [7, 11) is 0. The van der Waals surface area contributed by atoms with Crippen LogP contribution in [-0.2, 0) is 33.3 Å². The molecule has 0 aromatic heterocycles. The van der Waals surface area contributed by atoms with E-state index in [0.29, 0.717) is 11.1 Å². The van der Waals surface area contributed by atoms with E-state index in [1.807, 2.05) is 0 Å². The van der Waals surface area contributed by atoms with Crippen molar-refractivity contribution < 1.29 is 53.4 Å². The van der Waals surface area contributed by atoms with Gasteiger partial charge in [-0.3, -0.25) is 9.59 Å². The molecule has 1 saturated heterocycles. The van der Waals surface area contributed by atoms with Crippen molar-refractivity contribution in [1.82, 2.24) is 0 Å². The lowest BCUT2D eigenvalue weighted by Gasteiger charge is -2.69. The predicted molar refractivity (Wildman–Crippen MR) is 160 cm³/mol. The third-order valence-electron chi connectivity index (χ3n) is 10.8. The topological polar surface area (TPSA) is 158 Å². The van der Waals surface area contributed by atoms with Crippen LogP contribution in [0.5, 0.6) is 0 Å². The van der Waals surface area contributed by atoms with Gasteiger partial charge in [-0.15, -0.1) is 6.58 Å². The Kier molecular flexibility index (Phi) is 8.59. The third-order valence-corrected chi connectivity index (χ3v) is 10.8. The van der Waals surface area contributed by atoms with Gasteiger partial charge in [0.25, 0.3) is 0 Å². The molecule has 246 valence electrons.